The molecule has 0 aliphatic carbocycles. The molecule has 15 heavy (non-hydrogen) atoms. The van der Waals surface area contributed by atoms with Crippen LogP contribution < -0.4 is 5.32 Å². The average Bonchev–Trinajstić information content (AvgIpc) is 2.14. The number of carbonyl (C=O) groups is 2. The molecule has 0 aromatic carbocycles. The van der Waals surface area contributed by atoms with Gasteiger partial charge in [0.1, 0.15) is 0 Å². The van der Waals surface area contributed by atoms with Gasteiger partial charge in [-0.3, -0.25) is 19.8 Å². The first kappa shape index (κ1) is 12.5. The van der Waals surface area contributed by atoms with Crippen LogP contribution in [0.2, 0.25) is 0 Å². The summed E-state index contributed by atoms with van der Waals surface area (Å²) in [7, 11) is 0. The van der Waals surface area contributed by atoms with E-state index in [1.807, 2.05) is 30.5 Å². The van der Waals surface area contributed by atoms with Gasteiger partial charge in [0.05, 0.1) is 12.1 Å². The number of nitrogens with one attached hydrogen (secondary N) is 1. The minimum Gasteiger partial charge on any atom is -0.294 e. The Labute approximate surface area is 94.8 Å². The van der Waals surface area contributed by atoms with Crippen LogP contribution in [0.3, 0.4) is 0 Å². The Kier molecular flexibility index (Phi) is 4.16. The molecular weight excluding hydrogens is 212 g/mol. The number of piperazine rings is 1. The molecule has 0 aromatic rings. The van der Waals surface area contributed by atoms with Crippen molar-refractivity contribution < 1.29 is 9.59 Å². The van der Waals surface area contributed by atoms with Gasteiger partial charge in [0.15, 0.2) is 0 Å². The number of imide groups is 1. The second kappa shape index (κ2) is 4.99. The van der Waals surface area contributed by atoms with Gasteiger partial charge in [0, 0.05) is 12.3 Å². The number of rotatable bonds is 4. The van der Waals surface area contributed by atoms with Crippen molar-refractivity contribution in [1.82, 2.24) is 10.2 Å². The van der Waals surface area contributed by atoms with E-state index in [1.165, 1.54) is 0 Å². The zero-order chi connectivity index (χ0) is 11.5. The minimum absolute atomic E-state index is 0.194. The summed E-state index contributed by atoms with van der Waals surface area (Å²) in [6.45, 7) is 6.91. The second-order valence-electron chi connectivity index (χ2n) is 4.05. The van der Waals surface area contributed by atoms with Gasteiger partial charge in [0.2, 0.25) is 11.8 Å². The molecule has 1 aliphatic rings. The van der Waals surface area contributed by atoms with Crippen LogP contribution in [0, 0.1) is 0 Å². The molecule has 2 amide bonds. The molecule has 0 saturated carbocycles. The molecule has 86 valence electrons. The van der Waals surface area contributed by atoms with E-state index < -0.39 is 5.54 Å². The molecule has 0 atom stereocenters. The average molecular weight is 230 g/mol. The summed E-state index contributed by atoms with van der Waals surface area (Å²) in [5, 5.41) is 2.36. The highest BCUT2D eigenvalue weighted by Gasteiger charge is 2.40. The summed E-state index contributed by atoms with van der Waals surface area (Å²) in [5.74, 6) is 1.63. The van der Waals surface area contributed by atoms with Gasteiger partial charge in [-0.25, -0.2) is 0 Å². The zero-order valence-electron chi connectivity index (χ0n) is 9.50. The lowest BCUT2D eigenvalue weighted by Gasteiger charge is -2.40. The van der Waals surface area contributed by atoms with Gasteiger partial charge in [0.25, 0.3) is 0 Å². The minimum atomic E-state index is -0.567. The van der Waals surface area contributed by atoms with E-state index in [4.69, 9.17) is 0 Å². The smallest absolute Gasteiger partial charge is 0.246 e. The number of thioether (sulfide) groups is 1. The number of hydrogen-bond donors (Lipinski definition) is 1. The molecule has 4 nitrogen and oxygen atoms in total. The largest absolute Gasteiger partial charge is 0.294 e. The maximum absolute atomic E-state index is 11.6. The fraction of sp³-hybridized carbons (Fsp3) is 0.800. The number of nitrogens with zero attached hydrogens (tertiary/aromatic N) is 1. The van der Waals surface area contributed by atoms with E-state index in [2.05, 4.69) is 12.2 Å². The predicted octanol–water partition coefficient (Wildman–Crippen LogP) is 0.476. The van der Waals surface area contributed by atoms with Crippen molar-refractivity contribution in [2.24, 2.45) is 0 Å². The molecule has 0 aromatic heterocycles. The topological polar surface area (TPSA) is 49.4 Å². The van der Waals surface area contributed by atoms with E-state index in [1.54, 1.807) is 0 Å². The molecule has 0 unspecified atom stereocenters. The fourth-order valence-corrected chi connectivity index (χ4v) is 2.15. The number of hydrogen-bond acceptors (Lipinski definition) is 4. The van der Waals surface area contributed by atoms with Crippen molar-refractivity contribution >= 4 is 23.6 Å². The SMILES string of the molecule is CCSCCN1CC(=O)NC(=O)C1(C)C. The number of amides is 2. The molecule has 1 rings (SSSR count). The quantitative estimate of drug-likeness (QED) is 0.563. The lowest BCUT2D eigenvalue weighted by atomic mass is 9.99. The van der Waals surface area contributed by atoms with E-state index in [0.717, 1.165) is 18.1 Å². The summed E-state index contributed by atoms with van der Waals surface area (Å²) in [4.78, 5) is 24.8. The van der Waals surface area contributed by atoms with Crippen LogP contribution in [0.25, 0.3) is 0 Å². The van der Waals surface area contributed by atoms with E-state index >= 15 is 0 Å². The molecule has 1 fully saturated rings. The van der Waals surface area contributed by atoms with Crippen molar-refractivity contribution in [3.8, 4) is 0 Å². The van der Waals surface area contributed by atoms with Crippen molar-refractivity contribution in [2.45, 2.75) is 26.3 Å². The predicted molar refractivity (Wildman–Crippen MR) is 61.8 cm³/mol. The van der Waals surface area contributed by atoms with Gasteiger partial charge < -0.3 is 0 Å². The molecule has 0 bridgehead atoms. The summed E-state index contributed by atoms with van der Waals surface area (Å²) >= 11 is 1.82. The van der Waals surface area contributed by atoms with E-state index in [0.29, 0.717) is 6.54 Å². The summed E-state index contributed by atoms with van der Waals surface area (Å²) in [5.41, 5.74) is -0.567. The zero-order valence-corrected chi connectivity index (χ0v) is 10.3. The molecule has 1 N–H and O–H groups in total. The van der Waals surface area contributed by atoms with Gasteiger partial charge in [-0.2, -0.15) is 11.8 Å². The van der Waals surface area contributed by atoms with Crippen molar-refractivity contribution in [3.05, 3.63) is 0 Å². The fourth-order valence-electron chi connectivity index (χ4n) is 1.51. The Morgan fingerprint density at radius 3 is 2.73 bits per heavy atom. The number of carbonyl (C=O) groups excluding carboxylic acids is 2. The molecular formula is C10H18N2O2S. The lowest BCUT2D eigenvalue weighted by Crippen LogP contribution is -2.64. The van der Waals surface area contributed by atoms with Crippen LogP contribution in [0.4, 0.5) is 0 Å². The Bertz CT molecular complexity index is 266. The van der Waals surface area contributed by atoms with Crippen LogP contribution >= 0.6 is 11.8 Å². The summed E-state index contributed by atoms with van der Waals surface area (Å²) < 4.78 is 0. The van der Waals surface area contributed by atoms with Crippen molar-refractivity contribution in [1.29, 1.82) is 0 Å². The Hall–Kier alpha value is -0.550. The van der Waals surface area contributed by atoms with Crippen LogP contribution in [0.15, 0.2) is 0 Å². The Morgan fingerprint density at radius 1 is 1.47 bits per heavy atom. The molecule has 1 saturated heterocycles. The molecule has 5 heteroatoms. The van der Waals surface area contributed by atoms with E-state index in [9.17, 15) is 9.59 Å². The molecule has 1 aliphatic heterocycles. The van der Waals surface area contributed by atoms with Gasteiger partial charge in [-0.1, -0.05) is 6.92 Å². The van der Waals surface area contributed by atoms with E-state index in [-0.39, 0.29) is 11.8 Å². The van der Waals surface area contributed by atoms with Crippen LogP contribution in [0.1, 0.15) is 20.8 Å². The van der Waals surface area contributed by atoms with Crippen LogP contribution in [-0.2, 0) is 9.59 Å². The summed E-state index contributed by atoms with van der Waals surface area (Å²) in [6, 6.07) is 0. The highest BCUT2D eigenvalue weighted by Crippen LogP contribution is 2.18. The Balaban J connectivity index is 2.59. The molecule has 0 spiro atoms. The monoisotopic (exact) mass is 230 g/mol. The maximum atomic E-state index is 11.6. The van der Waals surface area contributed by atoms with Gasteiger partial charge >= 0.3 is 0 Å². The summed E-state index contributed by atoms with van der Waals surface area (Å²) in [6.07, 6.45) is 0. The first-order valence-corrected chi connectivity index (χ1v) is 6.31. The maximum Gasteiger partial charge on any atom is 0.246 e. The lowest BCUT2D eigenvalue weighted by molar-refractivity contribution is -0.144. The van der Waals surface area contributed by atoms with Crippen molar-refractivity contribution in [3.63, 3.8) is 0 Å². The first-order chi connectivity index (χ1) is 6.98. The van der Waals surface area contributed by atoms with Crippen molar-refractivity contribution in [2.75, 3.05) is 24.6 Å². The highest BCUT2D eigenvalue weighted by molar-refractivity contribution is 7.99. The van der Waals surface area contributed by atoms with Crippen LogP contribution in [0.5, 0.6) is 0 Å². The third-order valence-corrected chi connectivity index (χ3v) is 3.52. The standard InChI is InChI=1S/C10H18N2O2S/c1-4-15-6-5-12-7-8(13)11-9(14)10(12,2)3/h4-7H2,1-3H3,(H,11,13,14). The third-order valence-electron chi connectivity index (χ3n) is 2.64. The highest BCUT2D eigenvalue weighted by atomic mass is 32.2. The van der Waals surface area contributed by atoms with Gasteiger partial charge in [-0.15, -0.1) is 0 Å². The molecule has 0 radical (unpaired) electrons. The molecule has 1 heterocycles. The van der Waals surface area contributed by atoms with Gasteiger partial charge in [-0.05, 0) is 19.6 Å². The third kappa shape index (κ3) is 2.95. The van der Waals surface area contributed by atoms with Crippen LogP contribution in [-0.4, -0.2) is 46.8 Å². The Morgan fingerprint density at radius 2 is 2.13 bits per heavy atom. The second-order valence-corrected chi connectivity index (χ2v) is 5.45. The first-order valence-electron chi connectivity index (χ1n) is 5.15. The normalized spacial score (nSPS) is 21.5.